The topological polar surface area (TPSA) is 60.7 Å². The van der Waals surface area contributed by atoms with Crippen LogP contribution in [0.25, 0.3) is 0 Å². The van der Waals surface area contributed by atoms with Gasteiger partial charge in [-0.25, -0.2) is 4.99 Å². The molecule has 0 rings (SSSR count). The van der Waals surface area contributed by atoms with E-state index in [0.717, 1.165) is 42.0 Å². The Labute approximate surface area is 116 Å². The Morgan fingerprint density at radius 3 is 2.42 bits per heavy atom. The largest absolute Gasteiger partial charge is 0.413 e. The Morgan fingerprint density at radius 2 is 2.00 bits per heavy atom. The van der Waals surface area contributed by atoms with Gasteiger partial charge < -0.3 is 9.74 Å². The highest BCUT2D eigenvalue weighted by atomic mass is 16.6. The summed E-state index contributed by atoms with van der Waals surface area (Å²) in [6, 6.07) is 0. The summed E-state index contributed by atoms with van der Waals surface area (Å²) in [7, 11) is 3.70. The van der Waals surface area contributed by atoms with Crippen LogP contribution < -0.4 is 5.48 Å². The van der Waals surface area contributed by atoms with Crippen molar-refractivity contribution in [2.45, 2.75) is 34.1 Å². The lowest BCUT2D eigenvalue weighted by molar-refractivity contribution is 0.125. The highest BCUT2D eigenvalue weighted by Gasteiger charge is 2.08. The van der Waals surface area contributed by atoms with Crippen molar-refractivity contribution in [2.24, 2.45) is 4.99 Å². The van der Waals surface area contributed by atoms with Gasteiger partial charge in [-0.1, -0.05) is 6.92 Å². The van der Waals surface area contributed by atoms with Gasteiger partial charge in [-0.15, -0.1) is 0 Å². The Hall–Kier alpha value is -1.62. The van der Waals surface area contributed by atoms with Gasteiger partial charge in [-0.05, 0) is 44.4 Å². The SMILES string of the molecule is CCC(/C=C(C)/C(=N\C=N)N(C)CC)=C(/C)ONC. The number of hydroxylamine groups is 1. The molecule has 0 heterocycles. The molecule has 0 aliphatic rings. The van der Waals surface area contributed by atoms with E-state index in [1.807, 2.05) is 25.8 Å². The van der Waals surface area contributed by atoms with E-state index in [1.54, 1.807) is 7.05 Å². The fraction of sp³-hybridized carbons (Fsp3) is 0.571. The second-order valence-electron chi connectivity index (χ2n) is 4.16. The molecule has 0 unspecified atom stereocenters. The molecule has 5 heteroatoms. The van der Waals surface area contributed by atoms with Crippen molar-refractivity contribution >= 4 is 12.2 Å². The lowest BCUT2D eigenvalue weighted by atomic mass is 10.1. The molecule has 5 nitrogen and oxygen atoms in total. The standard InChI is InChI=1S/C14H26N4O/c1-7-13(12(4)19-16-5)9-11(3)14(17-10-15)18(6)8-2/h9-10,15-16H,7-8H2,1-6H3/b11-9+,13-12+,15-10?,17-14+. The average Bonchev–Trinajstić information content (AvgIpc) is 2.41. The van der Waals surface area contributed by atoms with Crippen molar-refractivity contribution in [3.8, 4) is 0 Å². The molecule has 2 N–H and O–H groups in total. The third kappa shape index (κ3) is 5.70. The molecule has 0 saturated carbocycles. The maximum Gasteiger partial charge on any atom is 0.133 e. The van der Waals surface area contributed by atoms with Crippen LogP contribution in [0, 0.1) is 5.41 Å². The number of hydrogen-bond donors (Lipinski definition) is 2. The number of rotatable bonds is 7. The van der Waals surface area contributed by atoms with E-state index in [-0.39, 0.29) is 0 Å². The van der Waals surface area contributed by atoms with Gasteiger partial charge in [-0.3, -0.25) is 5.41 Å². The highest BCUT2D eigenvalue weighted by molar-refractivity contribution is 6.01. The van der Waals surface area contributed by atoms with Gasteiger partial charge in [0.05, 0.1) is 0 Å². The molecule has 0 saturated heterocycles. The number of nitrogens with one attached hydrogen (secondary N) is 2. The molecular weight excluding hydrogens is 240 g/mol. The second-order valence-corrected chi connectivity index (χ2v) is 4.16. The summed E-state index contributed by atoms with van der Waals surface area (Å²) < 4.78 is 0. The van der Waals surface area contributed by atoms with Crippen LogP contribution in [0.5, 0.6) is 0 Å². The Bertz CT molecular complexity index is 383. The molecule has 108 valence electrons. The number of nitrogens with zero attached hydrogens (tertiary/aromatic N) is 2. The van der Waals surface area contributed by atoms with E-state index in [0.29, 0.717) is 0 Å². The van der Waals surface area contributed by atoms with Gasteiger partial charge in [0.1, 0.15) is 17.9 Å². The zero-order valence-corrected chi connectivity index (χ0v) is 12.9. The Balaban J connectivity index is 5.38. The minimum atomic E-state index is 0.806. The number of hydrogen-bond acceptors (Lipinski definition) is 3. The first kappa shape index (κ1) is 17.4. The molecular formula is C14H26N4O. The lowest BCUT2D eigenvalue weighted by Gasteiger charge is -2.19. The minimum absolute atomic E-state index is 0.806. The maximum absolute atomic E-state index is 7.16. The van der Waals surface area contributed by atoms with Crippen LogP contribution in [0.4, 0.5) is 0 Å². The Morgan fingerprint density at radius 1 is 1.37 bits per heavy atom. The van der Waals surface area contributed by atoms with E-state index >= 15 is 0 Å². The molecule has 0 aromatic carbocycles. The molecule has 0 atom stereocenters. The van der Waals surface area contributed by atoms with Crippen LogP contribution in [-0.2, 0) is 4.84 Å². The number of likely N-dealkylation sites (N-methyl/N-ethyl adjacent to an activating group) is 1. The van der Waals surface area contributed by atoms with Crippen LogP contribution in [0.3, 0.4) is 0 Å². The van der Waals surface area contributed by atoms with Crippen molar-refractivity contribution in [1.82, 2.24) is 10.4 Å². The van der Waals surface area contributed by atoms with Gasteiger partial charge in [0.15, 0.2) is 0 Å². The van der Waals surface area contributed by atoms with E-state index in [9.17, 15) is 0 Å². The fourth-order valence-electron chi connectivity index (χ4n) is 1.71. The Kier molecular flexibility index (Phi) is 8.53. The third-order valence-corrected chi connectivity index (χ3v) is 2.85. The van der Waals surface area contributed by atoms with E-state index in [4.69, 9.17) is 10.2 Å². The predicted octanol–water partition coefficient (Wildman–Crippen LogP) is 2.72. The molecule has 0 aliphatic carbocycles. The summed E-state index contributed by atoms with van der Waals surface area (Å²) in [5, 5.41) is 7.16. The fourth-order valence-corrected chi connectivity index (χ4v) is 1.71. The van der Waals surface area contributed by atoms with E-state index in [2.05, 4.69) is 30.4 Å². The molecule has 19 heavy (non-hydrogen) atoms. The minimum Gasteiger partial charge on any atom is -0.413 e. The van der Waals surface area contributed by atoms with Gasteiger partial charge in [0.25, 0.3) is 0 Å². The third-order valence-electron chi connectivity index (χ3n) is 2.85. The smallest absolute Gasteiger partial charge is 0.133 e. The summed E-state index contributed by atoms with van der Waals surface area (Å²) in [5.41, 5.74) is 4.80. The van der Waals surface area contributed by atoms with E-state index < -0.39 is 0 Å². The first-order valence-corrected chi connectivity index (χ1v) is 6.51. The molecule has 0 aliphatic heterocycles. The summed E-state index contributed by atoms with van der Waals surface area (Å²) in [5.74, 6) is 1.65. The normalized spacial score (nSPS) is 14.0. The monoisotopic (exact) mass is 266 g/mol. The lowest BCUT2D eigenvalue weighted by Crippen LogP contribution is -2.27. The molecule has 0 bridgehead atoms. The van der Waals surface area contributed by atoms with Crippen LogP contribution in [0.15, 0.2) is 28.0 Å². The zero-order valence-electron chi connectivity index (χ0n) is 12.9. The summed E-state index contributed by atoms with van der Waals surface area (Å²) in [6.07, 6.45) is 4.00. The molecule has 0 aromatic rings. The van der Waals surface area contributed by atoms with Crippen molar-refractivity contribution in [3.63, 3.8) is 0 Å². The summed E-state index contributed by atoms with van der Waals surface area (Å²) in [4.78, 5) is 11.4. The number of aliphatic imine (C=N–C) groups is 1. The van der Waals surface area contributed by atoms with Gasteiger partial charge in [-0.2, -0.15) is 5.48 Å². The predicted molar refractivity (Wildman–Crippen MR) is 81.4 cm³/mol. The number of amidine groups is 1. The van der Waals surface area contributed by atoms with Crippen molar-refractivity contribution in [2.75, 3.05) is 20.6 Å². The van der Waals surface area contributed by atoms with Crippen molar-refractivity contribution in [3.05, 3.63) is 23.0 Å². The summed E-state index contributed by atoms with van der Waals surface area (Å²) in [6.45, 7) is 8.90. The summed E-state index contributed by atoms with van der Waals surface area (Å²) >= 11 is 0. The molecule has 0 aromatic heterocycles. The molecule has 0 spiro atoms. The van der Waals surface area contributed by atoms with Crippen LogP contribution in [0.1, 0.15) is 34.1 Å². The zero-order chi connectivity index (χ0) is 14.8. The van der Waals surface area contributed by atoms with Crippen molar-refractivity contribution in [1.29, 1.82) is 5.41 Å². The highest BCUT2D eigenvalue weighted by Crippen LogP contribution is 2.14. The second kappa shape index (κ2) is 9.33. The first-order chi connectivity index (χ1) is 9.01. The first-order valence-electron chi connectivity index (χ1n) is 6.51. The van der Waals surface area contributed by atoms with Gasteiger partial charge >= 0.3 is 0 Å². The quantitative estimate of drug-likeness (QED) is 0.245. The van der Waals surface area contributed by atoms with Crippen LogP contribution in [0.2, 0.25) is 0 Å². The molecule has 0 fully saturated rings. The molecule has 0 radical (unpaired) electrons. The van der Waals surface area contributed by atoms with Crippen LogP contribution >= 0.6 is 0 Å². The van der Waals surface area contributed by atoms with E-state index in [1.165, 1.54) is 0 Å². The molecule has 0 amide bonds. The van der Waals surface area contributed by atoms with Gasteiger partial charge in [0.2, 0.25) is 0 Å². The maximum atomic E-state index is 7.16. The van der Waals surface area contributed by atoms with Crippen molar-refractivity contribution < 1.29 is 4.84 Å². The van der Waals surface area contributed by atoms with Crippen LogP contribution in [-0.4, -0.2) is 37.7 Å². The van der Waals surface area contributed by atoms with Gasteiger partial charge in [0, 0.05) is 20.6 Å². The number of allylic oxidation sites excluding steroid dienone is 3. The average molecular weight is 266 g/mol.